The molecule has 1 aromatic rings. The Kier molecular flexibility index (Phi) is 3.58. The van der Waals surface area contributed by atoms with Gasteiger partial charge in [0.25, 0.3) is 0 Å². The predicted octanol–water partition coefficient (Wildman–Crippen LogP) is 1.67. The van der Waals surface area contributed by atoms with Crippen molar-refractivity contribution in [3.05, 3.63) is 23.8 Å². The predicted molar refractivity (Wildman–Crippen MR) is 58.1 cm³/mol. The van der Waals surface area contributed by atoms with Gasteiger partial charge in [-0.05, 0) is 25.5 Å². The molecule has 0 saturated heterocycles. The minimum Gasteiger partial charge on any atom is -0.330 e. The second-order valence-corrected chi connectivity index (χ2v) is 4.54. The summed E-state index contributed by atoms with van der Waals surface area (Å²) in [5, 5.41) is 0. The lowest BCUT2D eigenvalue weighted by atomic mass is 9.91. The Morgan fingerprint density at radius 2 is 2.00 bits per heavy atom. The molecule has 0 saturated carbocycles. The average molecular weight is 193 g/mol. The van der Waals surface area contributed by atoms with E-state index >= 15 is 0 Å². The molecular weight excluding hydrogens is 174 g/mol. The Labute approximate surface area is 85.8 Å². The Bertz CT molecular complexity index is 289. The van der Waals surface area contributed by atoms with Gasteiger partial charge >= 0.3 is 0 Å². The summed E-state index contributed by atoms with van der Waals surface area (Å²) in [4.78, 5) is 8.50. The number of nitrogens with zero attached hydrogens (tertiary/aromatic N) is 2. The number of aryl methyl sites for hydroxylation is 1. The smallest absolute Gasteiger partial charge is 0.115 e. The second kappa shape index (κ2) is 4.51. The van der Waals surface area contributed by atoms with Gasteiger partial charge in [0.1, 0.15) is 6.33 Å². The van der Waals surface area contributed by atoms with Crippen LogP contribution in [0.3, 0.4) is 0 Å². The van der Waals surface area contributed by atoms with Crippen LogP contribution in [-0.4, -0.2) is 16.5 Å². The van der Waals surface area contributed by atoms with Crippen LogP contribution in [-0.2, 0) is 11.8 Å². The van der Waals surface area contributed by atoms with Crippen LogP contribution in [0.25, 0.3) is 0 Å². The molecule has 0 spiro atoms. The zero-order valence-electron chi connectivity index (χ0n) is 9.25. The van der Waals surface area contributed by atoms with Crippen molar-refractivity contribution in [2.45, 2.75) is 39.0 Å². The van der Waals surface area contributed by atoms with Crippen molar-refractivity contribution in [2.24, 2.45) is 5.73 Å². The van der Waals surface area contributed by atoms with Crippen molar-refractivity contribution in [1.29, 1.82) is 0 Å². The van der Waals surface area contributed by atoms with Crippen LogP contribution in [0.5, 0.6) is 0 Å². The fraction of sp³-hybridized carbons (Fsp3) is 0.636. The third-order valence-corrected chi connectivity index (χ3v) is 2.13. The summed E-state index contributed by atoms with van der Waals surface area (Å²) in [5.74, 6) is 0. The van der Waals surface area contributed by atoms with E-state index in [-0.39, 0.29) is 5.41 Å². The summed E-state index contributed by atoms with van der Waals surface area (Å²) in [6, 6.07) is 2.08. The zero-order chi connectivity index (χ0) is 10.6. The fourth-order valence-corrected chi connectivity index (χ4v) is 1.23. The lowest BCUT2D eigenvalue weighted by molar-refractivity contribution is 0.564. The van der Waals surface area contributed by atoms with Crippen LogP contribution in [0.4, 0.5) is 0 Å². The van der Waals surface area contributed by atoms with Gasteiger partial charge < -0.3 is 5.73 Å². The highest BCUT2D eigenvalue weighted by Gasteiger charge is 2.15. The molecule has 14 heavy (non-hydrogen) atoms. The maximum atomic E-state index is 5.46. The average Bonchev–Trinajstić information content (AvgIpc) is 2.14. The molecule has 0 amide bonds. The van der Waals surface area contributed by atoms with E-state index in [0.717, 1.165) is 30.8 Å². The number of hydrogen-bond donors (Lipinski definition) is 1. The summed E-state index contributed by atoms with van der Waals surface area (Å²) < 4.78 is 0. The van der Waals surface area contributed by atoms with E-state index in [4.69, 9.17) is 5.73 Å². The van der Waals surface area contributed by atoms with Crippen LogP contribution in [0.15, 0.2) is 12.4 Å². The third kappa shape index (κ3) is 3.07. The number of rotatable bonds is 3. The van der Waals surface area contributed by atoms with E-state index in [1.54, 1.807) is 6.33 Å². The second-order valence-electron chi connectivity index (χ2n) is 4.54. The van der Waals surface area contributed by atoms with Gasteiger partial charge in [-0.25, -0.2) is 9.97 Å². The first-order valence-electron chi connectivity index (χ1n) is 5.05. The Morgan fingerprint density at radius 1 is 1.29 bits per heavy atom. The van der Waals surface area contributed by atoms with E-state index in [9.17, 15) is 0 Å². The van der Waals surface area contributed by atoms with E-state index in [1.165, 1.54) is 0 Å². The molecule has 1 heterocycles. The van der Waals surface area contributed by atoms with Gasteiger partial charge in [0.2, 0.25) is 0 Å². The van der Waals surface area contributed by atoms with E-state index in [1.807, 2.05) is 0 Å². The van der Waals surface area contributed by atoms with Gasteiger partial charge in [-0.3, -0.25) is 0 Å². The standard InChI is InChI=1S/C11H19N3/c1-11(2,3)10-7-9(5-4-6-12)13-8-14-10/h7-8H,4-6,12H2,1-3H3. The zero-order valence-corrected chi connectivity index (χ0v) is 9.25. The first kappa shape index (κ1) is 11.1. The van der Waals surface area contributed by atoms with Crippen molar-refractivity contribution in [1.82, 2.24) is 9.97 Å². The maximum Gasteiger partial charge on any atom is 0.115 e. The van der Waals surface area contributed by atoms with Crippen LogP contribution in [0.2, 0.25) is 0 Å². The van der Waals surface area contributed by atoms with Crippen molar-refractivity contribution in [2.75, 3.05) is 6.54 Å². The van der Waals surface area contributed by atoms with Gasteiger partial charge in [0.05, 0.1) is 0 Å². The number of aromatic nitrogens is 2. The molecule has 0 aliphatic carbocycles. The first-order chi connectivity index (χ1) is 6.54. The Balaban J connectivity index is 2.79. The highest BCUT2D eigenvalue weighted by molar-refractivity contribution is 5.15. The molecular formula is C11H19N3. The van der Waals surface area contributed by atoms with Crippen LogP contribution < -0.4 is 5.73 Å². The van der Waals surface area contributed by atoms with Gasteiger partial charge in [0.15, 0.2) is 0 Å². The lowest BCUT2D eigenvalue weighted by Crippen LogP contribution is -2.14. The molecule has 1 rings (SSSR count). The van der Waals surface area contributed by atoms with E-state index in [2.05, 4.69) is 36.8 Å². The molecule has 3 nitrogen and oxygen atoms in total. The minimum atomic E-state index is 0.0976. The monoisotopic (exact) mass is 193 g/mol. The summed E-state index contributed by atoms with van der Waals surface area (Å²) in [6.45, 7) is 7.18. The van der Waals surface area contributed by atoms with E-state index in [0.29, 0.717) is 0 Å². The third-order valence-electron chi connectivity index (χ3n) is 2.13. The maximum absolute atomic E-state index is 5.46. The van der Waals surface area contributed by atoms with Gasteiger partial charge in [0, 0.05) is 16.8 Å². The molecule has 0 bridgehead atoms. The van der Waals surface area contributed by atoms with Crippen LogP contribution in [0, 0.1) is 0 Å². The summed E-state index contributed by atoms with van der Waals surface area (Å²) in [6.07, 6.45) is 3.58. The largest absolute Gasteiger partial charge is 0.330 e. The summed E-state index contributed by atoms with van der Waals surface area (Å²) in [7, 11) is 0. The van der Waals surface area contributed by atoms with Crippen LogP contribution >= 0.6 is 0 Å². The molecule has 3 heteroatoms. The quantitative estimate of drug-likeness (QED) is 0.794. The molecule has 0 aromatic carbocycles. The first-order valence-corrected chi connectivity index (χ1v) is 5.05. The minimum absolute atomic E-state index is 0.0976. The fourth-order valence-electron chi connectivity index (χ4n) is 1.23. The van der Waals surface area contributed by atoms with E-state index < -0.39 is 0 Å². The Morgan fingerprint density at radius 3 is 2.57 bits per heavy atom. The normalized spacial score (nSPS) is 11.7. The topological polar surface area (TPSA) is 51.8 Å². The van der Waals surface area contributed by atoms with Crippen LogP contribution in [0.1, 0.15) is 38.6 Å². The SMILES string of the molecule is CC(C)(C)c1cc(CCCN)ncn1. The summed E-state index contributed by atoms with van der Waals surface area (Å²) >= 11 is 0. The molecule has 1 aromatic heterocycles. The molecule has 0 aliphatic rings. The van der Waals surface area contributed by atoms with Gasteiger partial charge in [-0.1, -0.05) is 20.8 Å². The highest BCUT2D eigenvalue weighted by atomic mass is 14.8. The van der Waals surface area contributed by atoms with Crippen molar-refractivity contribution in [3.8, 4) is 0 Å². The molecule has 0 atom stereocenters. The molecule has 0 aliphatic heterocycles. The van der Waals surface area contributed by atoms with Crippen molar-refractivity contribution >= 4 is 0 Å². The Hall–Kier alpha value is -0.960. The van der Waals surface area contributed by atoms with Gasteiger partial charge in [-0.2, -0.15) is 0 Å². The number of nitrogens with two attached hydrogens (primary N) is 1. The van der Waals surface area contributed by atoms with Crippen molar-refractivity contribution < 1.29 is 0 Å². The molecule has 0 unspecified atom stereocenters. The molecule has 2 N–H and O–H groups in total. The molecule has 0 fully saturated rings. The number of hydrogen-bond acceptors (Lipinski definition) is 3. The van der Waals surface area contributed by atoms with Crippen molar-refractivity contribution in [3.63, 3.8) is 0 Å². The van der Waals surface area contributed by atoms with Gasteiger partial charge in [-0.15, -0.1) is 0 Å². The summed E-state index contributed by atoms with van der Waals surface area (Å²) in [5.41, 5.74) is 7.74. The molecule has 78 valence electrons. The molecule has 0 radical (unpaired) electrons. The lowest BCUT2D eigenvalue weighted by Gasteiger charge is -2.17. The highest BCUT2D eigenvalue weighted by Crippen LogP contribution is 2.19.